The molecule has 1 aromatic rings. The van der Waals surface area contributed by atoms with Gasteiger partial charge in [-0.3, -0.25) is 19.7 Å². The van der Waals surface area contributed by atoms with Crippen LogP contribution in [0.15, 0.2) is 23.3 Å². The van der Waals surface area contributed by atoms with E-state index in [1.165, 1.54) is 25.2 Å². The molecule has 1 aliphatic rings. The molecule has 1 N–H and O–H groups in total. The predicted octanol–water partition coefficient (Wildman–Crippen LogP) is 1.08. The van der Waals surface area contributed by atoms with Crippen LogP contribution in [0.1, 0.15) is 19.8 Å². The Labute approximate surface area is 154 Å². The summed E-state index contributed by atoms with van der Waals surface area (Å²) in [5, 5.41) is 18.3. The summed E-state index contributed by atoms with van der Waals surface area (Å²) < 4.78 is 10.0. The van der Waals surface area contributed by atoms with Crippen LogP contribution in [0.4, 0.5) is 11.4 Å². The summed E-state index contributed by atoms with van der Waals surface area (Å²) in [4.78, 5) is 45.7. The van der Waals surface area contributed by atoms with Gasteiger partial charge in [-0.25, -0.2) is 9.80 Å². The zero-order valence-corrected chi connectivity index (χ0v) is 14.8. The van der Waals surface area contributed by atoms with E-state index < -0.39 is 23.4 Å². The van der Waals surface area contributed by atoms with Gasteiger partial charge in [0.15, 0.2) is 6.61 Å². The highest BCUT2D eigenvalue weighted by atomic mass is 16.6. The molecule has 1 aromatic carbocycles. The lowest BCUT2D eigenvalue weighted by Crippen LogP contribution is -2.33. The number of esters is 1. The first-order valence-electron chi connectivity index (χ1n) is 8.04. The standard InChI is InChI=1S/C16H18N4O7/c1-3-26-10-4-5-11(13(8-10)20(24)25)17-14(21)9-27-16(23)12-6-7-15(22)19(2)18-12/h4-5,8H,3,6-7,9H2,1-2H3,(H,17,21). The van der Waals surface area contributed by atoms with Gasteiger partial charge < -0.3 is 14.8 Å². The molecule has 0 unspecified atom stereocenters. The summed E-state index contributed by atoms with van der Waals surface area (Å²) >= 11 is 0. The van der Waals surface area contributed by atoms with Crippen molar-refractivity contribution in [2.75, 3.05) is 25.6 Å². The van der Waals surface area contributed by atoms with Gasteiger partial charge in [0.25, 0.3) is 11.6 Å². The highest BCUT2D eigenvalue weighted by Crippen LogP contribution is 2.29. The summed E-state index contributed by atoms with van der Waals surface area (Å²) in [6, 6.07) is 3.99. The lowest BCUT2D eigenvalue weighted by Gasteiger charge is -2.18. The van der Waals surface area contributed by atoms with Gasteiger partial charge in [0.05, 0.1) is 17.6 Å². The van der Waals surface area contributed by atoms with Gasteiger partial charge in [0, 0.05) is 19.9 Å². The highest BCUT2D eigenvalue weighted by molar-refractivity contribution is 6.37. The molecule has 11 nitrogen and oxygen atoms in total. The first-order valence-corrected chi connectivity index (χ1v) is 8.04. The van der Waals surface area contributed by atoms with Crippen molar-refractivity contribution in [3.63, 3.8) is 0 Å². The number of nitrogens with zero attached hydrogens (tertiary/aromatic N) is 3. The van der Waals surface area contributed by atoms with E-state index in [2.05, 4.69) is 10.4 Å². The van der Waals surface area contributed by atoms with Crippen molar-refractivity contribution >= 4 is 34.9 Å². The molecule has 2 rings (SSSR count). The number of nitro benzene ring substituents is 1. The lowest BCUT2D eigenvalue weighted by molar-refractivity contribution is -0.384. The summed E-state index contributed by atoms with van der Waals surface area (Å²) in [5.74, 6) is -1.52. The van der Waals surface area contributed by atoms with Crippen molar-refractivity contribution in [2.45, 2.75) is 19.8 Å². The number of hydrogen-bond acceptors (Lipinski definition) is 8. The zero-order chi connectivity index (χ0) is 20.0. The maximum Gasteiger partial charge on any atom is 0.355 e. The van der Waals surface area contributed by atoms with Crippen LogP contribution in [0.2, 0.25) is 0 Å². The van der Waals surface area contributed by atoms with Crippen molar-refractivity contribution in [1.29, 1.82) is 0 Å². The summed E-state index contributed by atoms with van der Waals surface area (Å²) in [7, 11) is 1.41. The Kier molecular flexibility index (Phi) is 6.41. The highest BCUT2D eigenvalue weighted by Gasteiger charge is 2.24. The number of carbonyl (C=O) groups is 3. The Morgan fingerprint density at radius 3 is 2.74 bits per heavy atom. The molecule has 1 heterocycles. The van der Waals surface area contributed by atoms with Crippen molar-refractivity contribution in [2.24, 2.45) is 5.10 Å². The minimum Gasteiger partial charge on any atom is -0.494 e. The predicted molar refractivity (Wildman–Crippen MR) is 93.3 cm³/mol. The van der Waals surface area contributed by atoms with Gasteiger partial charge in [-0.15, -0.1) is 0 Å². The van der Waals surface area contributed by atoms with Gasteiger partial charge in [0.2, 0.25) is 5.91 Å². The Balaban J connectivity index is 1.97. The molecule has 0 radical (unpaired) electrons. The van der Waals surface area contributed by atoms with E-state index in [0.29, 0.717) is 12.4 Å². The van der Waals surface area contributed by atoms with Crippen LogP contribution in [0, 0.1) is 10.1 Å². The molecule has 0 aromatic heterocycles. The van der Waals surface area contributed by atoms with E-state index >= 15 is 0 Å². The van der Waals surface area contributed by atoms with E-state index in [9.17, 15) is 24.5 Å². The number of amides is 2. The van der Waals surface area contributed by atoms with Gasteiger partial charge in [0.1, 0.15) is 17.1 Å². The molecule has 0 fully saturated rings. The van der Waals surface area contributed by atoms with Crippen LogP contribution in [-0.2, 0) is 19.1 Å². The average molecular weight is 378 g/mol. The van der Waals surface area contributed by atoms with Crippen LogP contribution in [0.3, 0.4) is 0 Å². The minimum atomic E-state index is -0.828. The van der Waals surface area contributed by atoms with E-state index in [0.717, 1.165) is 5.01 Å². The van der Waals surface area contributed by atoms with E-state index in [1.54, 1.807) is 6.92 Å². The monoisotopic (exact) mass is 378 g/mol. The molecule has 27 heavy (non-hydrogen) atoms. The molecule has 0 aliphatic carbocycles. The Morgan fingerprint density at radius 1 is 1.37 bits per heavy atom. The number of hydrogen-bond donors (Lipinski definition) is 1. The minimum absolute atomic E-state index is 0.0250. The number of carbonyl (C=O) groups excluding carboxylic acids is 3. The largest absolute Gasteiger partial charge is 0.494 e. The second-order valence-electron chi connectivity index (χ2n) is 5.46. The van der Waals surface area contributed by atoms with E-state index in [-0.39, 0.29) is 35.8 Å². The number of nitro groups is 1. The molecule has 1 aliphatic heterocycles. The van der Waals surface area contributed by atoms with E-state index in [1.807, 2.05) is 0 Å². The van der Waals surface area contributed by atoms with Crippen LogP contribution in [0.5, 0.6) is 5.75 Å². The van der Waals surface area contributed by atoms with Crippen molar-refractivity contribution in [3.8, 4) is 5.75 Å². The fraction of sp³-hybridized carbons (Fsp3) is 0.375. The number of ether oxygens (including phenoxy) is 2. The summed E-state index contributed by atoms with van der Waals surface area (Å²) in [6.07, 6.45) is 0.239. The molecule has 11 heteroatoms. The molecular formula is C16H18N4O7. The van der Waals surface area contributed by atoms with Gasteiger partial charge >= 0.3 is 5.97 Å². The zero-order valence-electron chi connectivity index (χ0n) is 14.8. The number of benzene rings is 1. The first kappa shape index (κ1) is 19.8. The summed E-state index contributed by atoms with van der Waals surface area (Å²) in [6.45, 7) is 1.42. The van der Waals surface area contributed by atoms with Gasteiger partial charge in [-0.2, -0.15) is 5.10 Å². The molecule has 0 saturated carbocycles. The van der Waals surface area contributed by atoms with Gasteiger partial charge in [-0.05, 0) is 19.1 Å². The van der Waals surface area contributed by atoms with Gasteiger partial charge in [-0.1, -0.05) is 0 Å². The molecule has 0 spiro atoms. The first-order chi connectivity index (χ1) is 12.8. The second kappa shape index (κ2) is 8.74. The normalized spacial score (nSPS) is 13.6. The smallest absolute Gasteiger partial charge is 0.355 e. The number of hydrazone groups is 1. The Bertz CT molecular complexity index is 806. The molecule has 0 bridgehead atoms. The summed E-state index contributed by atoms with van der Waals surface area (Å²) in [5.41, 5.74) is -0.376. The Hall–Kier alpha value is -3.50. The van der Waals surface area contributed by atoms with Crippen LogP contribution < -0.4 is 10.1 Å². The molecule has 0 saturated heterocycles. The maximum absolute atomic E-state index is 12.0. The van der Waals surface area contributed by atoms with Crippen molar-refractivity contribution in [1.82, 2.24) is 5.01 Å². The lowest BCUT2D eigenvalue weighted by atomic mass is 10.2. The second-order valence-corrected chi connectivity index (χ2v) is 5.46. The third-order valence-corrected chi connectivity index (χ3v) is 3.53. The molecule has 2 amide bonds. The van der Waals surface area contributed by atoms with Crippen molar-refractivity contribution < 1.29 is 28.8 Å². The van der Waals surface area contributed by atoms with Crippen LogP contribution in [-0.4, -0.2) is 53.7 Å². The average Bonchev–Trinajstić information content (AvgIpc) is 2.63. The number of rotatable bonds is 7. The number of nitrogens with one attached hydrogen (secondary N) is 1. The van der Waals surface area contributed by atoms with Crippen LogP contribution >= 0.6 is 0 Å². The molecule has 144 valence electrons. The SMILES string of the molecule is CCOc1ccc(NC(=O)COC(=O)C2=NN(C)C(=O)CC2)c([N+](=O)[O-])c1. The third-order valence-electron chi connectivity index (χ3n) is 3.53. The number of anilines is 1. The fourth-order valence-electron chi connectivity index (χ4n) is 2.24. The fourth-order valence-corrected chi connectivity index (χ4v) is 2.24. The Morgan fingerprint density at radius 2 is 2.11 bits per heavy atom. The van der Waals surface area contributed by atoms with E-state index in [4.69, 9.17) is 9.47 Å². The maximum atomic E-state index is 12.0. The topological polar surface area (TPSA) is 140 Å². The molecular weight excluding hydrogens is 360 g/mol. The van der Waals surface area contributed by atoms with Crippen LogP contribution in [0.25, 0.3) is 0 Å². The third kappa shape index (κ3) is 5.23. The quantitative estimate of drug-likeness (QED) is 0.425. The van der Waals surface area contributed by atoms with Crippen molar-refractivity contribution in [3.05, 3.63) is 28.3 Å². The molecule has 0 atom stereocenters.